The minimum atomic E-state index is -0.382. The van der Waals surface area contributed by atoms with Gasteiger partial charge in [-0.1, -0.05) is 19.8 Å². The highest BCUT2D eigenvalue weighted by Gasteiger charge is 2.41. The minimum absolute atomic E-state index is 0.326. The van der Waals surface area contributed by atoms with Crippen molar-refractivity contribution in [1.82, 2.24) is 4.98 Å². The largest absolute Gasteiger partial charge is 0.376 e. The summed E-state index contributed by atoms with van der Waals surface area (Å²) in [5.74, 6) is 0.240. The van der Waals surface area contributed by atoms with Gasteiger partial charge in [-0.15, -0.1) is 0 Å². The Hall–Kier alpha value is -1.00. The maximum Gasteiger partial charge on any atom is 0.141 e. The average Bonchev–Trinajstić information content (AvgIpc) is 2.37. The van der Waals surface area contributed by atoms with E-state index in [4.69, 9.17) is 10.5 Å². The van der Waals surface area contributed by atoms with Gasteiger partial charge in [0.2, 0.25) is 0 Å². The quantitative estimate of drug-likeness (QED) is 0.899. The van der Waals surface area contributed by atoms with Crippen LogP contribution in [-0.4, -0.2) is 17.7 Å². The monoisotopic (exact) mass is 252 g/mol. The van der Waals surface area contributed by atoms with Crippen molar-refractivity contribution in [2.24, 2.45) is 11.7 Å². The van der Waals surface area contributed by atoms with E-state index >= 15 is 0 Å². The molecule has 3 nitrogen and oxygen atoms in total. The fourth-order valence-corrected chi connectivity index (χ4v) is 3.04. The normalized spacial score (nSPS) is 30.1. The third kappa shape index (κ3) is 2.54. The molecular weight excluding hydrogens is 231 g/mol. The minimum Gasteiger partial charge on any atom is -0.376 e. The number of methoxy groups -OCH3 is 1. The Kier molecular flexibility index (Phi) is 3.97. The second-order valence-electron chi connectivity index (χ2n) is 5.38. The third-order valence-corrected chi connectivity index (χ3v) is 4.05. The lowest BCUT2D eigenvalue weighted by atomic mass is 9.73. The van der Waals surface area contributed by atoms with E-state index in [0.717, 1.165) is 19.3 Å². The van der Waals surface area contributed by atoms with E-state index in [-0.39, 0.29) is 17.5 Å². The number of halogens is 1. The van der Waals surface area contributed by atoms with E-state index in [2.05, 4.69) is 11.9 Å². The van der Waals surface area contributed by atoms with Crippen molar-refractivity contribution in [2.45, 2.75) is 44.2 Å². The molecule has 0 amide bonds. The molecule has 2 rings (SSSR count). The number of rotatable bonds is 3. The lowest BCUT2D eigenvalue weighted by Crippen LogP contribution is -2.46. The van der Waals surface area contributed by atoms with Gasteiger partial charge in [0.25, 0.3) is 0 Å². The van der Waals surface area contributed by atoms with Crippen LogP contribution in [0.1, 0.15) is 44.2 Å². The molecule has 0 bridgehead atoms. The molecule has 18 heavy (non-hydrogen) atoms. The van der Waals surface area contributed by atoms with Crippen LogP contribution in [-0.2, 0) is 4.74 Å². The predicted molar refractivity (Wildman–Crippen MR) is 68.5 cm³/mol. The average molecular weight is 252 g/mol. The van der Waals surface area contributed by atoms with Crippen LogP contribution in [0.25, 0.3) is 0 Å². The highest BCUT2D eigenvalue weighted by Crippen LogP contribution is 2.41. The zero-order valence-corrected chi connectivity index (χ0v) is 11.0. The van der Waals surface area contributed by atoms with Crippen LogP contribution in [0.4, 0.5) is 4.39 Å². The molecule has 1 aromatic rings. The zero-order chi connectivity index (χ0) is 13.2. The van der Waals surface area contributed by atoms with Gasteiger partial charge in [-0.2, -0.15) is 0 Å². The number of pyridine rings is 1. The van der Waals surface area contributed by atoms with Crippen molar-refractivity contribution >= 4 is 0 Å². The van der Waals surface area contributed by atoms with E-state index in [9.17, 15) is 4.39 Å². The van der Waals surface area contributed by atoms with Gasteiger partial charge in [0.05, 0.1) is 17.8 Å². The Labute approximate surface area is 108 Å². The van der Waals surface area contributed by atoms with Gasteiger partial charge in [-0.3, -0.25) is 4.98 Å². The first-order chi connectivity index (χ1) is 8.57. The van der Waals surface area contributed by atoms with Crippen LogP contribution in [0.5, 0.6) is 0 Å². The van der Waals surface area contributed by atoms with Crippen molar-refractivity contribution in [2.75, 3.05) is 7.11 Å². The summed E-state index contributed by atoms with van der Waals surface area (Å²) in [5, 5.41) is 0. The molecule has 1 fully saturated rings. The maximum absolute atomic E-state index is 13.2. The van der Waals surface area contributed by atoms with Crippen LogP contribution < -0.4 is 5.73 Å². The third-order valence-electron chi connectivity index (χ3n) is 4.05. The van der Waals surface area contributed by atoms with Crippen molar-refractivity contribution < 1.29 is 9.13 Å². The number of aromatic nitrogens is 1. The molecule has 0 aromatic carbocycles. The van der Waals surface area contributed by atoms with E-state index < -0.39 is 0 Å². The maximum atomic E-state index is 13.2. The molecule has 1 aromatic heterocycles. The summed E-state index contributed by atoms with van der Waals surface area (Å²) >= 11 is 0. The van der Waals surface area contributed by atoms with Gasteiger partial charge in [0.1, 0.15) is 5.82 Å². The highest BCUT2D eigenvalue weighted by atomic mass is 19.1. The van der Waals surface area contributed by atoms with Gasteiger partial charge in [0.15, 0.2) is 0 Å². The first kappa shape index (κ1) is 13.4. The first-order valence-electron chi connectivity index (χ1n) is 6.48. The SMILES string of the molecule is COC1(C(N)c2cncc(F)c2)CCCC(C)C1. The number of ether oxygens (including phenoxy) is 1. The van der Waals surface area contributed by atoms with Crippen LogP contribution >= 0.6 is 0 Å². The molecule has 1 aliphatic carbocycles. The van der Waals surface area contributed by atoms with Gasteiger partial charge in [-0.05, 0) is 30.4 Å². The number of hydrogen-bond acceptors (Lipinski definition) is 3. The van der Waals surface area contributed by atoms with E-state index in [0.29, 0.717) is 11.5 Å². The van der Waals surface area contributed by atoms with Crippen molar-refractivity contribution in [3.8, 4) is 0 Å². The fraction of sp³-hybridized carbons (Fsp3) is 0.643. The van der Waals surface area contributed by atoms with Gasteiger partial charge < -0.3 is 10.5 Å². The van der Waals surface area contributed by atoms with E-state index in [1.165, 1.54) is 18.7 Å². The van der Waals surface area contributed by atoms with Gasteiger partial charge >= 0.3 is 0 Å². The van der Waals surface area contributed by atoms with Gasteiger partial charge in [0, 0.05) is 13.3 Å². The topological polar surface area (TPSA) is 48.1 Å². The van der Waals surface area contributed by atoms with Gasteiger partial charge in [-0.25, -0.2) is 4.39 Å². The molecule has 0 spiro atoms. The van der Waals surface area contributed by atoms with Crippen LogP contribution in [0.15, 0.2) is 18.5 Å². The van der Waals surface area contributed by atoms with Crippen LogP contribution in [0.2, 0.25) is 0 Å². The second kappa shape index (κ2) is 5.33. The number of hydrogen-bond donors (Lipinski definition) is 1. The van der Waals surface area contributed by atoms with Crippen LogP contribution in [0, 0.1) is 11.7 Å². The molecule has 1 heterocycles. The lowest BCUT2D eigenvalue weighted by Gasteiger charge is -2.43. The van der Waals surface area contributed by atoms with Crippen LogP contribution in [0.3, 0.4) is 0 Å². The lowest BCUT2D eigenvalue weighted by molar-refractivity contribution is -0.0719. The Balaban J connectivity index is 2.26. The highest BCUT2D eigenvalue weighted by molar-refractivity contribution is 5.19. The molecule has 1 aliphatic rings. The second-order valence-corrected chi connectivity index (χ2v) is 5.38. The van der Waals surface area contributed by atoms with Crippen molar-refractivity contribution in [3.63, 3.8) is 0 Å². The fourth-order valence-electron chi connectivity index (χ4n) is 3.04. The summed E-state index contributed by atoms with van der Waals surface area (Å²) in [6.45, 7) is 2.21. The molecule has 0 saturated heterocycles. The molecule has 1 saturated carbocycles. The standard InChI is InChI=1S/C14H21FN2O/c1-10-4-3-5-14(7-10,18-2)13(16)11-6-12(15)9-17-8-11/h6,8-10,13H,3-5,7,16H2,1-2H3. The summed E-state index contributed by atoms with van der Waals surface area (Å²) in [5.41, 5.74) is 6.65. The van der Waals surface area contributed by atoms with E-state index in [1.807, 2.05) is 0 Å². The number of nitrogens with zero attached hydrogens (tertiary/aromatic N) is 1. The Morgan fingerprint density at radius 3 is 2.94 bits per heavy atom. The van der Waals surface area contributed by atoms with E-state index in [1.54, 1.807) is 13.3 Å². The molecule has 100 valence electrons. The zero-order valence-electron chi connectivity index (χ0n) is 11.0. The summed E-state index contributed by atoms with van der Waals surface area (Å²) in [6.07, 6.45) is 6.98. The smallest absolute Gasteiger partial charge is 0.141 e. The predicted octanol–water partition coefficient (Wildman–Crippen LogP) is 2.82. The Bertz CT molecular complexity index is 413. The molecule has 3 unspecified atom stereocenters. The van der Waals surface area contributed by atoms with Crippen molar-refractivity contribution in [3.05, 3.63) is 29.8 Å². The molecule has 0 aliphatic heterocycles. The summed E-state index contributed by atoms with van der Waals surface area (Å²) in [6, 6.07) is 1.13. The van der Waals surface area contributed by atoms with Crippen molar-refractivity contribution in [1.29, 1.82) is 0 Å². The summed E-state index contributed by atoms with van der Waals surface area (Å²) in [4.78, 5) is 3.87. The Morgan fingerprint density at radius 2 is 2.33 bits per heavy atom. The molecular formula is C14H21FN2O. The molecule has 3 atom stereocenters. The molecule has 2 N–H and O–H groups in total. The first-order valence-corrected chi connectivity index (χ1v) is 6.48. The Morgan fingerprint density at radius 1 is 1.56 bits per heavy atom. The summed E-state index contributed by atoms with van der Waals surface area (Å²) in [7, 11) is 1.70. The molecule has 0 radical (unpaired) electrons. The summed E-state index contributed by atoms with van der Waals surface area (Å²) < 4.78 is 19.0. The molecule has 4 heteroatoms. The number of nitrogens with two attached hydrogens (primary N) is 1.